The van der Waals surface area contributed by atoms with Crippen LogP contribution in [0.4, 0.5) is 10.1 Å². The first-order chi connectivity index (χ1) is 13.7. The Balaban J connectivity index is 1.77. The quantitative estimate of drug-likeness (QED) is 0.570. The van der Waals surface area contributed by atoms with Crippen molar-refractivity contribution in [1.29, 1.82) is 0 Å². The van der Waals surface area contributed by atoms with Gasteiger partial charge >= 0.3 is 0 Å². The van der Waals surface area contributed by atoms with Gasteiger partial charge in [-0.1, -0.05) is 36.4 Å². The molecule has 0 fully saturated rings. The lowest BCUT2D eigenvalue weighted by Crippen LogP contribution is -2.15. The van der Waals surface area contributed by atoms with Crippen LogP contribution in [0.3, 0.4) is 0 Å². The molecule has 0 aliphatic heterocycles. The third kappa shape index (κ3) is 3.76. The van der Waals surface area contributed by atoms with E-state index in [1.54, 1.807) is 30.6 Å². The Morgan fingerprint density at radius 2 is 1.68 bits per heavy atom. The number of rotatable bonds is 4. The van der Waals surface area contributed by atoms with E-state index in [-0.39, 0.29) is 5.56 Å². The van der Waals surface area contributed by atoms with Crippen LogP contribution in [0.2, 0.25) is 0 Å². The van der Waals surface area contributed by atoms with Gasteiger partial charge in [0.05, 0.1) is 11.3 Å². The van der Waals surface area contributed by atoms with Crippen LogP contribution in [-0.4, -0.2) is 20.9 Å². The van der Waals surface area contributed by atoms with Crippen LogP contribution >= 0.6 is 0 Å². The molecular formula is C22H15FN4O. The largest absolute Gasteiger partial charge is 0.322 e. The molecular weight excluding hydrogens is 355 g/mol. The Morgan fingerprint density at radius 3 is 2.43 bits per heavy atom. The van der Waals surface area contributed by atoms with E-state index in [9.17, 15) is 9.18 Å². The highest BCUT2D eigenvalue weighted by atomic mass is 19.1. The predicted molar refractivity (Wildman–Crippen MR) is 105 cm³/mol. The van der Waals surface area contributed by atoms with Gasteiger partial charge < -0.3 is 5.32 Å². The second kappa shape index (κ2) is 7.75. The monoisotopic (exact) mass is 370 g/mol. The number of nitrogens with zero attached hydrogens (tertiary/aromatic N) is 3. The van der Waals surface area contributed by atoms with E-state index >= 15 is 0 Å². The average molecular weight is 370 g/mol. The van der Waals surface area contributed by atoms with Gasteiger partial charge in [-0.3, -0.25) is 9.78 Å². The Hall–Kier alpha value is -3.93. The minimum absolute atomic E-state index is 0.287. The standard InChI is InChI=1S/C22H15FN4O/c23-17-7-4-8-18(13-17)26-22(28)19-14-25-21(16-5-2-1-3-6-16)27-20(19)15-9-11-24-12-10-15/h1-14H,(H,26,28). The topological polar surface area (TPSA) is 67.8 Å². The number of hydrogen-bond donors (Lipinski definition) is 1. The van der Waals surface area contributed by atoms with E-state index < -0.39 is 11.7 Å². The molecule has 28 heavy (non-hydrogen) atoms. The van der Waals surface area contributed by atoms with Crippen LogP contribution in [0.25, 0.3) is 22.6 Å². The highest BCUT2D eigenvalue weighted by Gasteiger charge is 2.17. The number of pyridine rings is 1. The summed E-state index contributed by atoms with van der Waals surface area (Å²) in [5.41, 5.74) is 2.70. The summed E-state index contributed by atoms with van der Waals surface area (Å²) in [6.07, 6.45) is 4.75. The summed E-state index contributed by atoms with van der Waals surface area (Å²) in [5, 5.41) is 2.69. The van der Waals surface area contributed by atoms with Gasteiger partial charge in [-0.25, -0.2) is 14.4 Å². The number of amides is 1. The van der Waals surface area contributed by atoms with Crippen molar-refractivity contribution in [3.63, 3.8) is 0 Å². The van der Waals surface area contributed by atoms with Crippen molar-refractivity contribution in [3.05, 3.63) is 96.7 Å². The number of nitrogens with one attached hydrogen (secondary N) is 1. The number of carbonyl (C=O) groups excluding carboxylic acids is 1. The van der Waals surface area contributed by atoms with Gasteiger partial charge in [0, 0.05) is 35.4 Å². The fourth-order valence-electron chi connectivity index (χ4n) is 2.77. The first-order valence-corrected chi connectivity index (χ1v) is 8.60. The van der Waals surface area contributed by atoms with Gasteiger partial charge in [0.1, 0.15) is 5.82 Å². The molecule has 6 heteroatoms. The normalized spacial score (nSPS) is 10.5. The second-order valence-corrected chi connectivity index (χ2v) is 6.02. The summed E-state index contributed by atoms with van der Waals surface area (Å²) < 4.78 is 13.4. The lowest BCUT2D eigenvalue weighted by molar-refractivity contribution is 0.102. The molecule has 0 unspecified atom stereocenters. The molecule has 0 aliphatic rings. The van der Waals surface area contributed by atoms with Crippen LogP contribution in [0.15, 0.2) is 85.3 Å². The van der Waals surface area contributed by atoms with Crippen LogP contribution in [0.1, 0.15) is 10.4 Å². The number of hydrogen-bond acceptors (Lipinski definition) is 4. The number of anilines is 1. The number of halogens is 1. The summed E-state index contributed by atoms with van der Waals surface area (Å²) >= 11 is 0. The lowest BCUT2D eigenvalue weighted by atomic mass is 10.1. The third-order valence-corrected chi connectivity index (χ3v) is 4.10. The van der Waals surface area contributed by atoms with Crippen LogP contribution in [-0.2, 0) is 0 Å². The fourth-order valence-corrected chi connectivity index (χ4v) is 2.77. The maximum Gasteiger partial charge on any atom is 0.259 e. The number of aromatic nitrogens is 3. The Labute approximate surface area is 161 Å². The zero-order valence-electron chi connectivity index (χ0n) is 14.7. The summed E-state index contributed by atoms with van der Waals surface area (Å²) in [4.78, 5) is 25.8. The van der Waals surface area contributed by atoms with Gasteiger partial charge in [0.15, 0.2) is 5.82 Å². The number of benzene rings is 2. The molecule has 0 aliphatic carbocycles. The number of carbonyl (C=O) groups is 1. The summed E-state index contributed by atoms with van der Waals surface area (Å²) in [7, 11) is 0. The van der Waals surface area contributed by atoms with E-state index in [0.29, 0.717) is 17.2 Å². The average Bonchev–Trinajstić information content (AvgIpc) is 2.74. The molecule has 1 N–H and O–H groups in total. The maximum atomic E-state index is 13.4. The molecule has 5 nitrogen and oxygen atoms in total. The van der Waals surface area contributed by atoms with Gasteiger partial charge in [-0.2, -0.15) is 0 Å². The molecule has 0 radical (unpaired) electrons. The molecule has 2 aromatic carbocycles. The molecule has 0 saturated carbocycles. The van der Waals surface area contributed by atoms with Crippen molar-refractivity contribution in [2.45, 2.75) is 0 Å². The zero-order chi connectivity index (χ0) is 19.3. The van der Waals surface area contributed by atoms with Crippen molar-refractivity contribution >= 4 is 11.6 Å². The highest BCUT2D eigenvalue weighted by molar-refractivity contribution is 6.08. The summed E-state index contributed by atoms with van der Waals surface area (Å²) in [6, 6.07) is 18.8. The van der Waals surface area contributed by atoms with E-state index in [1.165, 1.54) is 24.4 Å². The van der Waals surface area contributed by atoms with Gasteiger partial charge in [0.2, 0.25) is 0 Å². The summed E-state index contributed by atoms with van der Waals surface area (Å²) in [6.45, 7) is 0. The van der Waals surface area contributed by atoms with Crippen molar-refractivity contribution in [3.8, 4) is 22.6 Å². The van der Waals surface area contributed by atoms with E-state index in [2.05, 4.69) is 20.3 Å². The van der Waals surface area contributed by atoms with Crippen LogP contribution < -0.4 is 5.32 Å². The zero-order valence-corrected chi connectivity index (χ0v) is 14.7. The predicted octanol–water partition coefficient (Wildman–Crippen LogP) is 4.60. The molecule has 0 spiro atoms. The molecule has 2 heterocycles. The molecule has 1 amide bonds. The molecule has 0 atom stereocenters. The van der Waals surface area contributed by atoms with Crippen LogP contribution in [0, 0.1) is 5.82 Å². The van der Waals surface area contributed by atoms with Crippen LogP contribution in [0.5, 0.6) is 0 Å². The van der Waals surface area contributed by atoms with Crippen molar-refractivity contribution in [1.82, 2.24) is 15.0 Å². The van der Waals surface area contributed by atoms with Crippen molar-refractivity contribution < 1.29 is 9.18 Å². The summed E-state index contributed by atoms with van der Waals surface area (Å²) in [5.74, 6) is -0.338. The highest BCUT2D eigenvalue weighted by Crippen LogP contribution is 2.25. The van der Waals surface area contributed by atoms with E-state index in [0.717, 1.165) is 11.1 Å². The molecule has 2 aromatic heterocycles. The van der Waals surface area contributed by atoms with E-state index in [4.69, 9.17) is 0 Å². The van der Waals surface area contributed by atoms with Gasteiger partial charge in [-0.05, 0) is 30.3 Å². The SMILES string of the molecule is O=C(Nc1cccc(F)c1)c1cnc(-c2ccccc2)nc1-c1ccncc1. The maximum absolute atomic E-state index is 13.4. The van der Waals surface area contributed by atoms with Gasteiger partial charge in [-0.15, -0.1) is 0 Å². The first-order valence-electron chi connectivity index (χ1n) is 8.60. The van der Waals surface area contributed by atoms with E-state index in [1.807, 2.05) is 30.3 Å². The lowest BCUT2D eigenvalue weighted by Gasteiger charge is -2.11. The smallest absolute Gasteiger partial charge is 0.259 e. The molecule has 136 valence electrons. The molecule has 4 aromatic rings. The fraction of sp³-hybridized carbons (Fsp3) is 0. The Kier molecular flexibility index (Phi) is 4.84. The minimum atomic E-state index is -0.428. The third-order valence-electron chi connectivity index (χ3n) is 4.10. The minimum Gasteiger partial charge on any atom is -0.322 e. The Morgan fingerprint density at radius 1 is 0.893 bits per heavy atom. The van der Waals surface area contributed by atoms with Gasteiger partial charge in [0.25, 0.3) is 5.91 Å². The van der Waals surface area contributed by atoms with Crippen molar-refractivity contribution in [2.75, 3.05) is 5.32 Å². The van der Waals surface area contributed by atoms with Crippen molar-refractivity contribution in [2.24, 2.45) is 0 Å². The molecule has 0 saturated heterocycles. The molecule has 0 bridgehead atoms. The second-order valence-electron chi connectivity index (χ2n) is 6.02. The first kappa shape index (κ1) is 17.5. The molecule has 4 rings (SSSR count). The Bertz CT molecular complexity index is 1120.